The number of aliphatic hydroxyl groups excluding tert-OH is 5. The van der Waals surface area contributed by atoms with Crippen LogP contribution in [-0.2, 0) is 14.2 Å². The van der Waals surface area contributed by atoms with E-state index in [0.717, 1.165) is 5.56 Å². The molecular formula is C26H32O12. The maximum absolute atomic E-state index is 10.8. The van der Waals surface area contributed by atoms with Crippen molar-refractivity contribution in [3.8, 4) is 23.0 Å². The Hall–Kier alpha value is -2.68. The molecule has 0 spiro atoms. The topological polar surface area (TPSA) is 177 Å². The van der Waals surface area contributed by atoms with Crippen molar-refractivity contribution in [1.82, 2.24) is 0 Å². The molecule has 0 aliphatic carbocycles. The average molecular weight is 537 g/mol. The predicted molar refractivity (Wildman–Crippen MR) is 128 cm³/mol. The molecule has 5 rings (SSSR count). The number of benzene rings is 2. The fourth-order valence-corrected chi connectivity index (χ4v) is 5.42. The van der Waals surface area contributed by atoms with Crippen molar-refractivity contribution in [3.63, 3.8) is 0 Å². The Labute approximate surface area is 218 Å². The summed E-state index contributed by atoms with van der Waals surface area (Å²) in [4.78, 5) is 0. The molecule has 0 bridgehead atoms. The number of methoxy groups -OCH3 is 2. The summed E-state index contributed by atoms with van der Waals surface area (Å²) >= 11 is 0. The second-order valence-corrected chi connectivity index (χ2v) is 9.60. The van der Waals surface area contributed by atoms with Gasteiger partial charge in [-0.1, -0.05) is 12.1 Å². The SMILES string of the molecule is COc1cc(C2OCC3C(c4ccc(OC5OC(CO)C(O)C(O)C5O)c(OC)c4)OC(O)C23)ccc1O. The second kappa shape index (κ2) is 10.8. The number of hydrogen-bond donors (Lipinski definition) is 6. The van der Waals surface area contributed by atoms with Crippen LogP contribution in [0, 0.1) is 11.8 Å². The Morgan fingerprint density at radius 2 is 1.50 bits per heavy atom. The van der Waals surface area contributed by atoms with Gasteiger partial charge in [0.1, 0.15) is 24.4 Å². The number of phenolic OH excluding ortho intramolecular Hbond substituents is 1. The molecule has 0 radical (unpaired) electrons. The third kappa shape index (κ3) is 4.67. The van der Waals surface area contributed by atoms with E-state index in [9.17, 15) is 30.6 Å². The predicted octanol–water partition coefficient (Wildman–Crippen LogP) is -0.0183. The van der Waals surface area contributed by atoms with E-state index in [2.05, 4.69) is 0 Å². The van der Waals surface area contributed by atoms with Crippen LogP contribution in [0.5, 0.6) is 23.0 Å². The largest absolute Gasteiger partial charge is 0.504 e. The van der Waals surface area contributed by atoms with Crippen molar-refractivity contribution in [3.05, 3.63) is 47.5 Å². The quantitative estimate of drug-likeness (QED) is 0.279. The molecule has 0 amide bonds. The molecule has 2 aromatic rings. The van der Waals surface area contributed by atoms with Crippen molar-refractivity contribution in [1.29, 1.82) is 0 Å². The molecule has 10 unspecified atom stereocenters. The molecule has 3 heterocycles. The molecule has 0 saturated carbocycles. The van der Waals surface area contributed by atoms with Gasteiger partial charge in [0.15, 0.2) is 29.3 Å². The van der Waals surface area contributed by atoms with E-state index in [1.807, 2.05) is 0 Å². The molecule has 208 valence electrons. The van der Waals surface area contributed by atoms with Crippen molar-refractivity contribution < 1.29 is 59.1 Å². The van der Waals surface area contributed by atoms with Gasteiger partial charge in [0.25, 0.3) is 0 Å². The molecule has 10 atom stereocenters. The number of hydrogen-bond acceptors (Lipinski definition) is 12. The van der Waals surface area contributed by atoms with Crippen molar-refractivity contribution in [2.75, 3.05) is 27.4 Å². The Kier molecular flexibility index (Phi) is 7.67. The summed E-state index contributed by atoms with van der Waals surface area (Å²) in [5.41, 5.74) is 1.44. The lowest BCUT2D eigenvalue weighted by molar-refractivity contribution is -0.277. The lowest BCUT2D eigenvalue weighted by atomic mass is 9.84. The molecule has 6 N–H and O–H groups in total. The van der Waals surface area contributed by atoms with Gasteiger partial charge < -0.3 is 59.1 Å². The van der Waals surface area contributed by atoms with E-state index in [-0.39, 0.29) is 29.1 Å². The fraction of sp³-hybridized carbons (Fsp3) is 0.538. The molecule has 2 aromatic carbocycles. The van der Waals surface area contributed by atoms with Crippen LogP contribution < -0.4 is 14.2 Å². The van der Waals surface area contributed by atoms with Crippen LogP contribution in [0.25, 0.3) is 0 Å². The summed E-state index contributed by atoms with van der Waals surface area (Å²) in [5.74, 6) is 0.221. The highest BCUT2D eigenvalue weighted by Gasteiger charge is 2.53. The van der Waals surface area contributed by atoms with Gasteiger partial charge in [-0.3, -0.25) is 0 Å². The maximum atomic E-state index is 10.8. The molecule has 3 aliphatic heterocycles. The zero-order valence-electron chi connectivity index (χ0n) is 20.8. The van der Waals surface area contributed by atoms with Crippen LogP contribution in [0.4, 0.5) is 0 Å². The Morgan fingerprint density at radius 1 is 0.816 bits per heavy atom. The zero-order valence-corrected chi connectivity index (χ0v) is 20.8. The number of phenols is 1. The van der Waals surface area contributed by atoms with Crippen LogP contribution in [0.1, 0.15) is 23.3 Å². The summed E-state index contributed by atoms with van der Waals surface area (Å²) in [6.07, 6.45) is -9.23. The van der Waals surface area contributed by atoms with E-state index in [4.69, 9.17) is 28.4 Å². The van der Waals surface area contributed by atoms with Gasteiger partial charge in [0.05, 0.1) is 39.6 Å². The van der Waals surface area contributed by atoms with Gasteiger partial charge in [-0.25, -0.2) is 0 Å². The fourth-order valence-electron chi connectivity index (χ4n) is 5.42. The van der Waals surface area contributed by atoms with Crippen molar-refractivity contribution in [2.45, 2.75) is 49.2 Å². The third-order valence-corrected chi connectivity index (χ3v) is 7.46. The smallest absolute Gasteiger partial charge is 0.229 e. The van der Waals surface area contributed by atoms with Crippen LogP contribution in [0.3, 0.4) is 0 Å². The van der Waals surface area contributed by atoms with Crippen LogP contribution in [-0.4, -0.2) is 95.1 Å². The molecule has 3 aliphatic rings. The number of aromatic hydroxyl groups is 1. The summed E-state index contributed by atoms with van der Waals surface area (Å²) in [5, 5.41) is 60.5. The number of rotatable bonds is 7. The van der Waals surface area contributed by atoms with E-state index in [1.165, 1.54) is 20.3 Å². The van der Waals surface area contributed by atoms with Crippen molar-refractivity contribution in [2.24, 2.45) is 11.8 Å². The molecule has 3 saturated heterocycles. The Morgan fingerprint density at radius 3 is 2.21 bits per heavy atom. The van der Waals surface area contributed by atoms with Crippen LogP contribution >= 0.6 is 0 Å². The standard InChI is InChI=1S/C26H32O12/c1-33-16-7-12(3-5-14(16)28)24-19-13(10-35-24)23(38-25(19)32)11-4-6-15(17(8-11)34-2)36-26-22(31)21(30)20(29)18(9-27)37-26/h3-8,13,18-32H,9-10H2,1-2H3. The first-order valence-corrected chi connectivity index (χ1v) is 12.2. The Balaban J connectivity index is 1.35. The van der Waals surface area contributed by atoms with Gasteiger partial charge >= 0.3 is 0 Å². The first-order chi connectivity index (χ1) is 18.3. The van der Waals surface area contributed by atoms with E-state index in [1.54, 1.807) is 30.3 Å². The average Bonchev–Trinajstić information content (AvgIpc) is 3.50. The number of aliphatic hydroxyl groups is 5. The summed E-state index contributed by atoms with van der Waals surface area (Å²) < 4.78 is 33.9. The lowest BCUT2D eigenvalue weighted by Gasteiger charge is -2.39. The second-order valence-electron chi connectivity index (χ2n) is 9.60. The monoisotopic (exact) mass is 536 g/mol. The third-order valence-electron chi connectivity index (χ3n) is 7.46. The van der Waals surface area contributed by atoms with Crippen LogP contribution in [0.15, 0.2) is 36.4 Å². The minimum absolute atomic E-state index is 0.00464. The van der Waals surface area contributed by atoms with Crippen molar-refractivity contribution >= 4 is 0 Å². The summed E-state index contributed by atoms with van der Waals surface area (Å²) in [7, 11) is 2.89. The minimum Gasteiger partial charge on any atom is -0.504 e. The first kappa shape index (κ1) is 26.9. The minimum atomic E-state index is -1.58. The highest BCUT2D eigenvalue weighted by molar-refractivity contribution is 5.45. The van der Waals surface area contributed by atoms with E-state index >= 15 is 0 Å². The van der Waals surface area contributed by atoms with E-state index < -0.39 is 55.8 Å². The van der Waals surface area contributed by atoms with Gasteiger partial charge in [-0.05, 0) is 35.4 Å². The number of fused-ring (bicyclic) bond motifs is 1. The van der Waals surface area contributed by atoms with Gasteiger partial charge in [-0.15, -0.1) is 0 Å². The Bertz CT molecular complexity index is 1130. The molecular weight excluding hydrogens is 504 g/mol. The maximum Gasteiger partial charge on any atom is 0.229 e. The normalized spacial score (nSPS) is 36.6. The molecule has 38 heavy (non-hydrogen) atoms. The lowest BCUT2D eigenvalue weighted by Crippen LogP contribution is -2.60. The molecule has 12 nitrogen and oxygen atoms in total. The molecule has 3 fully saturated rings. The van der Waals surface area contributed by atoms with Gasteiger partial charge in [-0.2, -0.15) is 0 Å². The van der Waals surface area contributed by atoms with Crippen LogP contribution in [0.2, 0.25) is 0 Å². The molecule has 0 aromatic heterocycles. The van der Waals surface area contributed by atoms with E-state index in [0.29, 0.717) is 17.9 Å². The highest BCUT2D eigenvalue weighted by atomic mass is 16.7. The van der Waals surface area contributed by atoms with Gasteiger partial charge in [0.2, 0.25) is 6.29 Å². The first-order valence-electron chi connectivity index (χ1n) is 12.2. The summed E-state index contributed by atoms with van der Waals surface area (Å²) in [6.45, 7) is -0.254. The zero-order chi connectivity index (χ0) is 27.1. The van der Waals surface area contributed by atoms with Gasteiger partial charge in [0, 0.05) is 11.8 Å². The summed E-state index contributed by atoms with van der Waals surface area (Å²) in [6, 6.07) is 9.89. The number of ether oxygens (including phenoxy) is 6. The molecule has 12 heteroatoms. The highest BCUT2D eigenvalue weighted by Crippen LogP contribution is 2.53.